The average molecular weight is 276 g/mol. The number of hydrogen-bond donors (Lipinski definition) is 1. The predicted octanol–water partition coefficient (Wildman–Crippen LogP) is 3.00. The van der Waals surface area contributed by atoms with E-state index in [0.29, 0.717) is 13.1 Å². The van der Waals surface area contributed by atoms with E-state index < -0.39 is 5.60 Å². The molecule has 1 amide bonds. The molecule has 0 aromatic heterocycles. The molecule has 1 aliphatic rings. The number of carbonyl (C=O) groups is 1. The number of benzene rings is 1. The first kappa shape index (κ1) is 14.9. The minimum Gasteiger partial charge on any atom is -0.444 e. The van der Waals surface area contributed by atoms with E-state index in [1.165, 1.54) is 11.1 Å². The molecule has 1 aromatic carbocycles. The number of ether oxygens (including phenoxy) is 1. The summed E-state index contributed by atoms with van der Waals surface area (Å²) >= 11 is 0. The number of hydrogen-bond acceptors (Lipinski definition) is 3. The molecule has 1 unspecified atom stereocenters. The molecule has 0 saturated heterocycles. The van der Waals surface area contributed by atoms with Gasteiger partial charge in [-0.1, -0.05) is 18.2 Å². The Morgan fingerprint density at radius 2 is 2.15 bits per heavy atom. The molecular formula is C16H24N2O2. The van der Waals surface area contributed by atoms with Crippen LogP contribution in [0, 0.1) is 0 Å². The van der Waals surface area contributed by atoms with Gasteiger partial charge in [-0.15, -0.1) is 0 Å². The van der Waals surface area contributed by atoms with Crippen molar-refractivity contribution < 1.29 is 9.53 Å². The van der Waals surface area contributed by atoms with Crippen LogP contribution < -0.4 is 5.73 Å². The lowest BCUT2D eigenvalue weighted by atomic mass is 9.92. The first-order chi connectivity index (χ1) is 9.31. The largest absolute Gasteiger partial charge is 0.444 e. The zero-order chi connectivity index (χ0) is 14.9. The predicted molar refractivity (Wildman–Crippen MR) is 79.4 cm³/mol. The maximum Gasteiger partial charge on any atom is 0.410 e. The van der Waals surface area contributed by atoms with Gasteiger partial charge in [-0.25, -0.2) is 4.79 Å². The molecule has 2 rings (SSSR count). The van der Waals surface area contributed by atoms with E-state index in [4.69, 9.17) is 10.5 Å². The fourth-order valence-corrected chi connectivity index (χ4v) is 2.56. The summed E-state index contributed by atoms with van der Waals surface area (Å²) in [6.07, 6.45) is 0.623. The Balaban J connectivity index is 2.22. The second-order valence-corrected chi connectivity index (χ2v) is 6.34. The first-order valence-corrected chi connectivity index (χ1v) is 7.13. The van der Waals surface area contributed by atoms with E-state index >= 15 is 0 Å². The van der Waals surface area contributed by atoms with Crippen LogP contribution in [0.2, 0.25) is 0 Å². The van der Waals surface area contributed by atoms with Crippen molar-refractivity contribution in [2.24, 2.45) is 5.73 Å². The summed E-state index contributed by atoms with van der Waals surface area (Å²) in [5.41, 5.74) is 8.82. The molecule has 1 aliphatic heterocycles. The van der Waals surface area contributed by atoms with Crippen molar-refractivity contribution in [3.8, 4) is 0 Å². The smallest absolute Gasteiger partial charge is 0.410 e. The summed E-state index contributed by atoms with van der Waals surface area (Å²) < 4.78 is 5.48. The average Bonchev–Trinajstić information content (AvgIpc) is 2.36. The van der Waals surface area contributed by atoms with E-state index in [9.17, 15) is 4.79 Å². The maximum atomic E-state index is 12.3. The summed E-state index contributed by atoms with van der Waals surface area (Å²) in [6.45, 7) is 8.93. The molecule has 1 atom stereocenters. The molecule has 20 heavy (non-hydrogen) atoms. The molecule has 2 N–H and O–H groups in total. The number of nitrogens with zero attached hydrogens (tertiary/aromatic N) is 1. The normalized spacial score (nSPS) is 18.6. The van der Waals surface area contributed by atoms with E-state index in [-0.39, 0.29) is 12.1 Å². The van der Waals surface area contributed by atoms with Gasteiger partial charge in [-0.05, 0) is 50.8 Å². The van der Waals surface area contributed by atoms with Crippen LogP contribution in [0.15, 0.2) is 18.2 Å². The Morgan fingerprint density at radius 3 is 2.75 bits per heavy atom. The monoisotopic (exact) mass is 276 g/mol. The fraction of sp³-hybridized carbons (Fsp3) is 0.562. The maximum absolute atomic E-state index is 12.3. The third-order valence-electron chi connectivity index (χ3n) is 3.61. The quantitative estimate of drug-likeness (QED) is 0.858. The van der Waals surface area contributed by atoms with Crippen molar-refractivity contribution >= 4 is 6.09 Å². The highest BCUT2D eigenvalue weighted by Crippen LogP contribution is 2.31. The van der Waals surface area contributed by atoms with Gasteiger partial charge >= 0.3 is 6.09 Å². The molecule has 4 heteroatoms. The van der Waals surface area contributed by atoms with Crippen LogP contribution in [0.1, 0.15) is 50.4 Å². The molecule has 110 valence electrons. The van der Waals surface area contributed by atoms with Crippen molar-refractivity contribution in [1.82, 2.24) is 4.90 Å². The summed E-state index contributed by atoms with van der Waals surface area (Å²) in [5, 5.41) is 0. The molecule has 0 bridgehead atoms. The number of amides is 1. The SMILES string of the molecule is CC1c2cc(CN)ccc2CCN1C(=O)OC(C)(C)C. The Hall–Kier alpha value is -1.55. The minimum atomic E-state index is -0.462. The lowest BCUT2D eigenvalue weighted by Gasteiger charge is -2.36. The molecular weight excluding hydrogens is 252 g/mol. The molecule has 0 aliphatic carbocycles. The zero-order valence-electron chi connectivity index (χ0n) is 12.8. The highest BCUT2D eigenvalue weighted by atomic mass is 16.6. The van der Waals surface area contributed by atoms with Crippen molar-refractivity contribution in [2.75, 3.05) is 6.54 Å². The van der Waals surface area contributed by atoms with E-state index in [1.54, 1.807) is 4.90 Å². The summed E-state index contributed by atoms with van der Waals surface area (Å²) in [5.74, 6) is 0. The molecule has 1 aromatic rings. The summed E-state index contributed by atoms with van der Waals surface area (Å²) in [7, 11) is 0. The highest BCUT2D eigenvalue weighted by Gasteiger charge is 2.30. The van der Waals surface area contributed by atoms with Crippen LogP contribution >= 0.6 is 0 Å². The van der Waals surface area contributed by atoms with Gasteiger partial charge in [0.25, 0.3) is 0 Å². The van der Waals surface area contributed by atoms with Crippen LogP contribution in [-0.4, -0.2) is 23.1 Å². The van der Waals surface area contributed by atoms with E-state index in [1.807, 2.05) is 27.7 Å². The van der Waals surface area contributed by atoms with Gasteiger partial charge in [-0.2, -0.15) is 0 Å². The highest BCUT2D eigenvalue weighted by molar-refractivity contribution is 5.69. The van der Waals surface area contributed by atoms with Crippen LogP contribution in [0.25, 0.3) is 0 Å². The summed E-state index contributed by atoms with van der Waals surface area (Å²) in [4.78, 5) is 14.1. The molecule has 0 spiro atoms. The van der Waals surface area contributed by atoms with Crippen LogP contribution in [0.4, 0.5) is 4.79 Å². The van der Waals surface area contributed by atoms with Crippen molar-refractivity contribution in [1.29, 1.82) is 0 Å². The van der Waals surface area contributed by atoms with Gasteiger partial charge in [0, 0.05) is 13.1 Å². The van der Waals surface area contributed by atoms with Gasteiger partial charge in [0.15, 0.2) is 0 Å². The van der Waals surface area contributed by atoms with Crippen LogP contribution in [0.5, 0.6) is 0 Å². The van der Waals surface area contributed by atoms with Gasteiger partial charge < -0.3 is 15.4 Å². The summed E-state index contributed by atoms with van der Waals surface area (Å²) in [6, 6.07) is 6.33. The Kier molecular flexibility index (Phi) is 4.04. The van der Waals surface area contributed by atoms with Gasteiger partial charge in [0.2, 0.25) is 0 Å². The second-order valence-electron chi connectivity index (χ2n) is 6.34. The zero-order valence-corrected chi connectivity index (χ0v) is 12.8. The standard InChI is InChI=1S/C16H24N2O2/c1-11-14-9-12(10-17)5-6-13(14)7-8-18(11)15(19)20-16(2,3)4/h5-6,9,11H,7-8,10,17H2,1-4H3. The van der Waals surface area contributed by atoms with Crippen molar-refractivity contribution in [3.63, 3.8) is 0 Å². The third kappa shape index (κ3) is 3.12. The van der Waals surface area contributed by atoms with Crippen molar-refractivity contribution in [3.05, 3.63) is 34.9 Å². The number of nitrogens with two attached hydrogens (primary N) is 1. The fourth-order valence-electron chi connectivity index (χ4n) is 2.56. The minimum absolute atomic E-state index is 0.0279. The van der Waals surface area contributed by atoms with E-state index in [2.05, 4.69) is 18.2 Å². The Bertz CT molecular complexity index is 506. The molecule has 0 fully saturated rings. The molecule has 1 heterocycles. The van der Waals surface area contributed by atoms with Crippen molar-refractivity contribution in [2.45, 2.75) is 52.3 Å². The molecule has 0 saturated carbocycles. The van der Waals surface area contributed by atoms with Crippen LogP contribution in [0.3, 0.4) is 0 Å². The van der Waals surface area contributed by atoms with Gasteiger partial charge in [-0.3, -0.25) is 0 Å². The van der Waals surface area contributed by atoms with Gasteiger partial charge in [0.1, 0.15) is 5.60 Å². The third-order valence-corrected chi connectivity index (χ3v) is 3.61. The number of rotatable bonds is 1. The van der Waals surface area contributed by atoms with Crippen LogP contribution in [-0.2, 0) is 17.7 Å². The molecule has 0 radical (unpaired) electrons. The lowest BCUT2D eigenvalue weighted by Crippen LogP contribution is -2.42. The molecule has 4 nitrogen and oxygen atoms in total. The Labute approximate surface area is 120 Å². The Morgan fingerprint density at radius 1 is 1.45 bits per heavy atom. The van der Waals surface area contributed by atoms with E-state index in [0.717, 1.165) is 12.0 Å². The van der Waals surface area contributed by atoms with Gasteiger partial charge in [0.05, 0.1) is 6.04 Å². The number of carbonyl (C=O) groups excluding carboxylic acids is 1. The topological polar surface area (TPSA) is 55.6 Å². The lowest BCUT2D eigenvalue weighted by molar-refractivity contribution is 0.0159. The second kappa shape index (κ2) is 5.44. The number of fused-ring (bicyclic) bond motifs is 1. The first-order valence-electron chi connectivity index (χ1n) is 7.13.